The fourth-order valence-electron chi connectivity index (χ4n) is 5.42. The molecule has 2 aliphatic rings. The molecule has 12 heteroatoms. The number of halogens is 3. The van der Waals surface area contributed by atoms with Gasteiger partial charge in [0.15, 0.2) is 0 Å². The van der Waals surface area contributed by atoms with Gasteiger partial charge in [0, 0.05) is 37.0 Å². The summed E-state index contributed by atoms with van der Waals surface area (Å²) in [4.78, 5) is 29.0. The number of thiophene rings is 1. The number of fused-ring (bicyclic) bond motifs is 1. The maximum atomic E-state index is 15.9. The summed E-state index contributed by atoms with van der Waals surface area (Å²) in [5.74, 6) is -3.27. The van der Waals surface area contributed by atoms with Crippen molar-refractivity contribution in [2.45, 2.75) is 32.9 Å². The van der Waals surface area contributed by atoms with Crippen LogP contribution in [0.25, 0.3) is 22.3 Å². The lowest BCUT2D eigenvalue weighted by molar-refractivity contribution is -0.128. The topological polar surface area (TPSA) is 108 Å². The number of nitrogen functional groups attached to an aromatic ring is 1. The van der Waals surface area contributed by atoms with Gasteiger partial charge in [0.05, 0.1) is 32.6 Å². The van der Waals surface area contributed by atoms with Crippen LogP contribution in [0.3, 0.4) is 0 Å². The monoisotopic (exact) mass is 540 g/mol. The molecule has 38 heavy (non-hydrogen) atoms. The van der Waals surface area contributed by atoms with Crippen LogP contribution >= 0.6 is 11.3 Å². The number of hydrogen-bond donors (Lipinski definition) is 1. The van der Waals surface area contributed by atoms with E-state index in [4.69, 9.17) is 5.73 Å². The number of aromatic nitrogens is 2. The number of nitrogens with two attached hydrogens (primary N) is 1. The minimum Gasteiger partial charge on any atom is -0.389 e. The van der Waals surface area contributed by atoms with Gasteiger partial charge in [-0.3, -0.25) is 14.3 Å². The van der Waals surface area contributed by atoms with Gasteiger partial charge in [-0.1, -0.05) is 6.58 Å². The lowest BCUT2D eigenvalue weighted by Gasteiger charge is -2.42. The number of rotatable bonds is 2. The van der Waals surface area contributed by atoms with Crippen molar-refractivity contribution in [3.8, 4) is 6.07 Å². The Kier molecular flexibility index (Phi) is 6.27. The molecule has 0 aliphatic carbocycles. The van der Waals surface area contributed by atoms with Crippen LogP contribution in [0.4, 0.5) is 18.2 Å². The summed E-state index contributed by atoms with van der Waals surface area (Å²) in [6.07, 6.45) is 1.60. The molecule has 2 amide bonds. The van der Waals surface area contributed by atoms with E-state index < -0.39 is 23.5 Å². The van der Waals surface area contributed by atoms with E-state index in [0.717, 1.165) is 17.4 Å². The molecule has 2 aliphatic heterocycles. The van der Waals surface area contributed by atoms with Crippen LogP contribution in [0.15, 0.2) is 18.7 Å². The lowest BCUT2D eigenvalue weighted by Crippen LogP contribution is -2.57. The van der Waals surface area contributed by atoms with Crippen molar-refractivity contribution >= 4 is 50.5 Å². The van der Waals surface area contributed by atoms with Gasteiger partial charge in [-0.25, -0.2) is 8.78 Å². The Bertz CT molecular complexity index is 1710. The van der Waals surface area contributed by atoms with E-state index in [1.807, 2.05) is 6.07 Å². The van der Waals surface area contributed by atoms with Crippen molar-refractivity contribution < 1.29 is 22.8 Å². The van der Waals surface area contributed by atoms with Gasteiger partial charge in [0.2, 0.25) is 11.9 Å². The van der Waals surface area contributed by atoms with E-state index in [1.165, 1.54) is 24.6 Å². The number of hydrogen-bond acceptors (Lipinski definition) is 6. The molecule has 0 spiro atoms. The molecule has 2 N–H and O–H groups in total. The molecule has 1 atom stereocenters. The summed E-state index contributed by atoms with van der Waals surface area (Å²) in [6, 6.07) is 2.60. The first-order valence-electron chi connectivity index (χ1n) is 11.9. The maximum Gasteiger partial charge on any atom is 0.256 e. The van der Waals surface area contributed by atoms with Crippen LogP contribution in [0.1, 0.15) is 41.8 Å². The molecule has 1 saturated heterocycles. The molecule has 5 rings (SSSR count). The van der Waals surface area contributed by atoms with E-state index >= 15 is 8.78 Å². The Hall–Kier alpha value is -4.11. The van der Waals surface area contributed by atoms with Gasteiger partial charge < -0.3 is 15.5 Å². The van der Waals surface area contributed by atoms with Crippen molar-refractivity contribution in [3.05, 3.63) is 56.9 Å². The standard InChI is InChI=1S/C26H23F3N6O2S/c1-4-18(36)33-7-8-34-14(11-33)5-6-35-22-15(26(34)37)9-17(28)20(21(22)24(29)32-35)12(2)19-16(10-30)25(31)38-23(19)13(3)27/h4,9,14H,1,5-8,11,31H2,2-3H3/b19-12+,23-13-/t14-/m0/s1. The molecule has 0 saturated carbocycles. The van der Waals surface area contributed by atoms with E-state index in [0.29, 0.717) is 6.42 Å². The number of nitrogens with zero attached hydrogens (tertiary/aromatic N) is 5. The zero-order valence-corrected chi connectivity index (χ0v) is 21.5. The summed E-state index contributed by atoms with van der Waals surface area (Å²) in [7, 11) is 0. The normalized spacial score (nSPS) is 18.9. The third-order valence-corrected chi connectivity index (χ3v) is 8.28. The molecular formula is C26H23F3N6O2S. The molecule has 2 aromatic heterocycles. The zero-order valence-electron chi connectivity index (χ0n) is 20.6. The average Bonchev–Trinajstić information content (AvgIpc) is 3.41. The highest BCUT2D eigenvalue weighted by Gasteiger charge is 2.37. The average molecular weight is 541 g/mol. The molecule has 0 bridgehead atoms. The van der Waals surface area contributed by atoms with Crippen molar-refractivity contribution in [2.24, 2.45) is 0 Å². The van der Waals surface area contributed by atoms with Gasteiger partial charge in [-0.05, 0) is 38.0 Å². The van der Waals surface area contributed by atoms with E-state index in [1.54, 1.807) is 9.80 Å². The molecule has 0 radical (unpaired) electrons. The van der Waals surface area contributed by atoms with Crippen molar-refractivity contribution in [1.82, 2.24) is 19.6 Å². The fraction of sp³-hybridized carbons (Fsp3) is 0.308. The second kappa shape index (κ2) is 9.33. The Balaban J connectivity index is 1.76. The van der Waals surface area contributed by atoms with Crippen LogP contribution < -0.4 is 15.5 Å². The van der Waals surface area contributed by atoms with Gasteiger partial charge in [-0.15, -0.1) is 16.4 Å². The van der Waals surface area contributed by atoms with Gasteiger partial charge in [0.25, 0.3) is 5.91 Å². The number of benzene rings is 1. The first kappa shape index (κ1) is 25.5. The summed E-state index contributed by atoms with van der Waals surface area (Å²) in [5.41, 5.74) is 5.86. The number of piperazine rings is 1. The SMILES string of the molecule is C=CC(=O)N1CCN2C(=O)c3cc(F)c(/C(C)=c4\c(C#N)c(N)s\c4=C(\C)F)c4c(F)nn(c34)CC[C@H]2C1. The van der Waals surface area contributed by atoms with Crippen LogP contribution in [-0.2, 0) is 11.3 Å². The second-order valence-electron chi connectivity index (χ2n) is 9.26. The molecule has 0 unspecified atom stereocenters. The summed E-state index contributed by atoms with van der Waals surface area (Å²) >= 11 is 0.849. The van der Waals surface area contributed by atoms with Crippen molar-refractivity contribution in [3.63, 3.8) is 0 Å². The van der Waals surface area contributed by atoms with Crippen LogP contribution in [0.2, 0.25) is 0 Å². The highest BCUT2D eigenvalue weighted by Crippen LogP contribution is 2.35. The Morgan fingerprint density at radius 1 is 1.32 bits per heavy atom. The predicted molar refractivity (Wildman–Crippen MR) is 137 cm³/mol. The molecule has 3 aromatic rings. The number of carbonyl (C=O) groups excluding carboxylic acids is 2. The van der Waals surface area contributed by atoms with Crippen molar-refractivity contribution in [1.29, 1.82) is 5.26 Å². The largest absolute Gasteiger partial charge is 0.389 e. The Morgan fingerprint density at radius 2 is 2.05 bits per heavy atom. The minimum atomic E-state index is -0.990. The first-order chi connectivity index (χ1) is 18.1. The number of amides is 2. The maximum absolute atomic E-state index is 15.9. The van der Waals surface area contributed by atoms with Crippen LogP contribution in [0, 0.1) is 23.1 Å². The summed E-state index contributed by atoms with van der Waals surface area (Å²) in [5, 5.41) is 13.6. The van der Waals surface area contributed by atoms with Crippen LogP contribution in [-0.4, -0.2) is 57.1 Å². The predicted octanol–water partition coefficient (Wildman–Crippen LogP) is 2.39. The Labute approximate surface area is 219 Å². The molecule has 8 nitrogen and oxygen atoms in total. The van der Waals surface area contributed by atoms with Crippen LogP contribution in [0.5, 0.6) is 0 Å². The zero-order chi connectivity index (χ0) is 27.5. The number of nitriles is 1. The van der Waals surface area contributed by atoms with E-state index in [-0.39, 0.29) is 86.0 Å². The number of aryl methyl sites for hydroxylation is 1. The second-order valence-corrected chi connectivity index (χ2v) is 10.3. The molecular weight excluding hydrogens is 517 g/mol. The van der Waals surface area contributed by atoms with Crippen molar-refractivity contribution in [2.75, 3.05) is 25.4 Å². The molecule has 1 fully saturated rings. The lowest BCUT2D eigenvalue weighted by atomic mass is 9.95. The highest BCUT2D eigenvalue weighted by molar-refractivity contribution is 7.14. The molecule has 4 heterocycles. The molecule has 1 aromatic carbocycles. The van der Waals surface area contributed by atoms with Gasteiger partial charge in [0.1, 0.15) is 22.7 Å². The third kappa shape index (κ3) is 3.77. The smallest absolute Gasteiger partial charge is 0.256 e. The molecule has 196 valence electrons. The highest BCUT2D eigenvalue weighted by atomic mass is 32.1. The third-order valence-electron chi connectivity index (χ3n) is 7.17. The van der Waals surface area contributed by atoms with E-state index in [2.05, 4.69) is 11.7 Å². The quantitative estimate of drug-likeness (QED) is 0.503. The summed E-state index contributed by atoms with van der Waals surface area (Å²) in [6.45, 7) is 7.16. The fourth-order valence-corrected chi connectivity index (χ4v) is 6.38. The minimum absolute atomic E-state index is 0.0316. The van der Waals surface area contributed by atoms with E-state index in [9.17, 15) is 19.2 Å². The number of anilines is 1. The van der Waals surface area contributed by atoms with Gasteiger partial charge >= 0.3 is 0 Å². The summed E-state index contributed by atoms with van der Waals surface area (Å²) < 4.78 is 47.1. The van der Waals surface area contributed by atoms with Gasteiger partial charge in [-0.2, -0.15) is 9.65 Å². The Morgan fingerprint density at radius 3 is 2.71 bits per heavy atom. The first-order valence-corrected chi connectivity index (χ1v) is 12.7. The number of carbonyl (C=O) groups is 2.